The van der Waals surface area contributed by atoms with Crippen LogP contribution in [0.25, 0.3) is 0 Å². The van der Waals surface area contributed by atoms with Crippen LogP contribution in [0.15, 0.2) is 35.3 Å². The Morgan fingerprint density at radius 2 is 1.79 bits per heavy atom. The molecule has 3 heteroatoms. The number of aryl methyl sites for hydroxylation is 1. The number of benzene rings is 2. The number of fused-ring (bicyclic) bond motifs is 1. The highest BCUT2D eigenvalue weighted by molar-refractivity contribution is 6.03. The number of carboxylic acid groups (broad SMARTS) is 1. The van der Waals surface area contributed by atoms with Gasteiger partial charge >= 0.3 is 5.97 Å². The molecular weight excluding hydrogens is 298 g/mol. The van der Waals surface area contributed by atoms with Crippen LogP contribution in [0.5, 0.6) is 0 Å². The Morgan fingerprint density at radius 1 is 1.17 bits per heavy atom. The third-order valence-corrected chi connectivity index (χ3v) is 5.53. The van der Waals surface area contributed by atoms with E-state index in [9.17, 15) is 4.79 Å². The first kappa shape index (κ1) is 16.4. The molecule has 2 aromatic rings. The predicted molar refractivity (Wildman–Crippen MR) is 97.9 cm³/mol. The van der Waals surface area contributed by atoms with Gasteiger partial charge in [-0.3, -0.25) is 4.99 Å². The fourth-order valence-corrected chi connectivity index (χ4v) is 3.83. The molecule has 2 aromatic carbocycles. The van der Waals surface area contributed by atoms with E-state index in [1.54, 1.807) is 12.1 Å². The molecule has 0 fully saturated rings. The summed E-state index contributed by atoms with van der Waals surface area (Å²) in [6.45, 7) is 10.8. The normalized spacial score (nSPS) is 19.1. The first-order chi connectivity index (χ1) is 11.3. The van der Waals surface area contributed by atoms with Crippen LogP contribution >= 0.6 is 0 Å². The van der Waals surface area contributed by atoms with Crippen LogP contribution < -0.4 is 0 Å². The molecule has 1 aliphatic heterocycles. The summed E-state index contributed by atoms with van der Waals surface area (Å²) in [6, 6.07) is 9.38. The third kappa shape index (κ3) is 2.19. The Labute approximate surface area is 143 Å². The molecule has 124 valence electrons. The van der Waals surface area contributed by atoms with Crippen molar-refractivity contribution in [2.45, 2.75) is 46.5 Å². The molecule has 1 heterocycles. The van der Waals surface area contributed by atoms with Gasteiger partial charge < -0.3 is 5.11 Å². The zero-order chi connectivity index (χ0) is 17.6. The molecule has 0 saturated heterocycles. The van der Waals surface area contributed by atoms with Crippen LogP contribution in [0.2, 0.25) is 0 Å². The number of aromatic carboxylic acids is 1. The van der Waals surface area contributed by atoms with Gasteiger partial charge in [-0.15, -0.1) is 0 Å². The molecule has 0 bridgehead atoms. The van der Waals surface area contributed by atoms with E-state index in [1.807, 2.05) is 12.1 Å². The zero-order valence-corrected chi connectivity index (χ0v) is 14.9. The summed E-state index contributed by atoms with van der Waals surface area (Å²) in [5.74, 6) is -0.898. The largest absolute Gasteiger partial charge is 0.478 e. The van der Waals surface area contributed by atoms with E-state index in [0.29, 0.717) is 5.56 Å². The summed E-state index contributed by atoms with van der Waals surface area (Å²) in [4.78, 5) is 16.0. The summed E-state index contributed by atoms with van der Waals surface area (Å²) in [6.07, 6.45) is 0.960. The number of rotatable bonds is 3. The lowest BCUT2D eigenvalue weighted by Crippen LogP contribution is -2.30. The summed E-state index contributed by atoms with van der Waals surface area (Å²) in [5, 5.41) is 9.14. The Balaban J connectivity index is 2.25. The number of nitrogens with zero attached hydrogens (tertiary/aromatic N) is 1. The van der Waals surface area contributed by atoms with Gasteiger partial charge in [-0.1, -0.05) is 19.1 Å². The minimum absolute atomic E-state index is 0.309. The van der Waals surface area contributed by atoms with E-state index in [1.165, 1.54) is 22.3 Å². The molecule has 0 radical (unpaired) electrons. The van der Waals surface area contributed by atoms with Crippen LogP contribution in [-0.4, -0.2) is 16.8 Å². The van der Waals surface area contributed by atoms with Crippen molar-refractivity contribution in [2.75, 3.05) is 0 Å². The predicted octanol–water partition coefficient (Wildman–Crippen LogP) is 4.98. The van der Waals surface area contributed by atoms with Crippen molar-refractivity contribution in [2.24, 2.45) is 4.99 Å². The molecule has 0 aliphatic carbocycles. The Hall–Kier alpha value is -2.42. The first-order valence-corrected chi connectivity index (χ1v) is 8.33. The van der Waals surface area contributed by atoms with E-state index in [2.05, 4.69) is 40.7 Å². The lowest BCUT2D eigenvalue weighted by molar-refractivity contribution is 0.0697. The number of hydrogen-bond acceptors (Lipinski definition) is 2. The van der Waals surface area contributed by atoms with E-state index in [-0.39, 0.29) is 5.41 Å². The van der Waals surface area contributed by atoms with Gasteiger partial charge in [0.15, 0.2) is 0 Å². The molecule has 0 aromatic heterocycles. The van der Waals surface area contributed by atoms with Gasteiger partial charge in [-0.25, -0.2) is 4.79 Å². The fourth-order valence-electron chi connectivity index (χ4n) is 3.83. The van der Waals surface area contributed by atoms with Gasteiger partial charge in [-0.2, -0.15) is 0 Å². The number of hydrogen-bond donors (Lipinski definition) is 1. The van der Waals surface area contributed by atoms with E-state index in [0.717, 1.165) is 23.4 Å². The highest BCUT2D eigenvalue weighted by Gasteiger charge is 2.40. The van der Waals surface area contributed by atoms with Crippen molar-refractivity contribution in [1.82, 2.24) is 0 Å². The van der Waals surface area contributed by atoms with Crippen LogP contribution in [0.3, 0.4) is 0 Å². The molecular formula is C21H23NO2. The standard InChI is InChI=1S/C21H23NO2/c1-6-17-13(3)12(2)11-18-19(17)21(5,14(4)22-18)16-9-7-15(8-10-16)20(23)24/h7-11H,6H2,1-5H3,(H,23,24). The molecule has 1 unspecified atom stereocenters. The third-order valence-electron chi connectivity index (χ3n) is 5.53. The second-order valence-corrected chi connectivity index (χ2v) is 6.75. The fraction of sp³-hybridized carbons (Fsp3) is 0.333. The van der Waals surface area contributed by atoms with Gasteiger partial charge in [0.25, 0.3) is 0 Å². The van der Waals surface area contributed by atoms with E-state index in [4.69, 9.17) is 10.1 Å². The maximum atomic E-state index is 11.1. The molecule has 1 atom stereocenters. The number of carbonyl (C=O) groups is 1. The highest BCUT2D eigenvalue weighted by atomic mass is 16.4. The monoisotopic (exact) mass is 321 g/mol. The molecule has 0 amide bonds. The molecule has 1 aliphatic rings. The topological polar surface area (TPSA) is 49.7 Å². The van der Waals surface area contributed by atoms with Crippen molar-refractivity contribution < 1.29 is 9.90 Å². The van der Waals surface area contributed by atoms with Crippen LogP contribution in [0, 0.1) is 13.8 Å². The van der Waals surface area contributed by atoms with Gasteiger partial charge in [0.1, 0.15) is 0 Å². The molecule has 3 rings (SSSR count). The highest BCUT2D eigenvalue weighted by Crippen LogP contribution is 2.48. The minimum atomic E-state index is -0.898. The zero-order valence-electron chi connectivity index (χ0n) is 14.9. The lowest BCUT2D eigenvalue weighted by Gasteiger charge is -2.30. The van der Waals surface area contributed by atoms with Crippen molar-refractivity contribution in [1.29, 1.82) is 0 Å². The van der Waals surface area contributed by atoms with Crippen molar-refractivity contribution >= 4 is 17.4 Å². The second-order valence-electron chi connectivity index (χ2n) is 6.75. The first-order valence-electron chi connectivity index (χ1n) is 8.33. The average Bonchev–Trinajstić information content (AvgIpc) is 2.81. The summed E-state index contributed by atoms with van der Waals surface area (Å²) in [5.41, 5.74) is 8.43. The Kier molecular flexibility index (Phi) is 3.83. The second kappa shape index (κ2) is 5.59. The summed E-state index contributed by atoms with van der Waals surface area (Å²) < 4.78 is 0. The maximum Gasteiger partial charge on any atom is 0.335 e. The summed E-state index contributed by atoms with van der Waals surface area (Å²) >= 11 is 0. The van der Waals surface area contributed by atoms with Crippen molar-refractivity contribution in [3.63, 3.8) is 0 Å². The van der Waals surface area contributed by atoms with Gasteiger partial charge in [0.2, 0.25) is 0 Å². The van der Waals surface area contributed by atoms with Gasteiger partial charge in [-0.05, 0) is 80.1 Å². The molecule has 0 saturated carbocycles. The average molecular weight is 321 g/mol. The Morgan fingerprint density at radius 3 is 2.33 bits per heavy atom. The van der Waals surface area contributed by atoms with E-state index < -0.39 is 5.97 Å². The van der Waals surface area contributed by atoms with Crippen molar-refractivity contribution in [3.8, 4) is 0 Å². The number of aliphatic imine (C=N–C) groups is 1. The molecule has 24 heavy (non-hydrogen) atoms. The number of carboxylic acids is 1. The van der Waals surface area contributed by atoms with E-state index >= 15 is 0 Å². The maximum absolute atomic E-state index is 11.1. The van der Waals surface area contributed by atoms with Crippen LogP contribution in [0.1, 0.15) is 58.9 Å². The smallest absolute Gasteiger partial charge is 0.335 e. The van der Waals surface area contributed by atoms with Gasteiger partial charge in [0.05, 0.1) is 16.7 Å². The molecule has 3 nitrogen and oxygen atoms in total. The molecule has 1 N–H and O–H groups in total. The quantitative estimate of drug-likeness (QED) is 0.867. The Bertz CT molecular complexity index is 862. The van der Waals surface area contributed by atoms with Gasteiger partial charge in [0, 0.05) is 5.71 Å². The van der Waals surface area contributed by atoms with Crippen molar-refractivity contribution in [3.05, 3.63) is 63.7 Å². The van der Waals surface area contributed by atoms with Crippen LogP contribution in [0.4, 0.5) is 5.69 Å². The lowest BCUT2D eigenvalue weighted by atomic mass is 9.71. The summed E-state index contributed by atoms with van der Waals surface area (Å²) in [7, 11) is 0. The van der Waals surface area contributed by atoms with Crippen LogP contribution in [-0.2, 0) is 11.8 Å². The minimum Gasteiger partial charge on any atom is -0.478 e. The SMILES string of the molecule is CCc1c(C)c(C)cc2c1C(C)(c1ccc(C(=O)O)cc1)C(C)=N2. The molecule has 0 spiro atoms.